The van der Waals surface area contributed by atoms with Gasteiger partial charge in [0.05, 0.1) is 13.2 Å². The molecule has 1 fully saturated rings. The first-order chi connectivity index (χ1) is 16.7. The van der Waals surface area contributed by atoms with Crippen molar-refractivity contribution in [1.29, 1.82) is 0 Å². The third-order valence-corrected chi connectivity index (χ3v) is 5.77. The molecule has 34 heavy (non-hydrogen) atoms. The minimum atomic E-state index is -0.543. The molecule has 0 radical (unpaired) electrons. The number of halogens is 1. The summed E-state index contributed by atoms with van der Waals surface area (Å²) >= 11 is 0. The van der Waals surface area contributed by atoms with Crippen LogP contribution in [0.2, 0.25) is 0 Å². The van der Waals surface area contributed by atoms with E-state index in [1.807, 2.05) is 31.3 Å². The minimum absolute atomic E-state index is 0.298. The van der Waals surface area contributed by atoms with Gasteiger partial charge in [0, 0.05) is 44.2 Å². The summed E-state index contributed by atoms with van der Waals surface area (Å²) in [5.41, 5.74) is 2.55. The molecule has 9 nitrogen and oxygen atoms in total. The van der Waals surface area contributed by atoms with Crippen LogP contribution in [0.5, 0.6) is 0 Å². The maximum atomic E-state index is 13.6. The number of rotatable bonds is 9. The molecule has 0 saturated carbocycles. The van der Waals surface area contributed by atoms with Gasteiger partial charge in [-0.25, -0.2) is 13.9 Å². The van der Waals surface area contributed by atoms with E-state index in [9.17, 15) is 4.39 Å². The zero-order valence-electron chi connectivity index (χ0n) is 19.1. The predicted octanol–water partition coefficient (Wildman–Crippen LogP) is 3.47. The Morgan fingerprint density at radius 2 is 2.03 bits per heavy atom. The highest BCUT2D eigenvalue weighted by Gasteiger charge is 2.22. The maximum Gasteiger partial charge on any atom is 0.184 e. The number of morpholine rings is 1. The van der Waals surface area contributed by atoms with E-state index < -0.39 is 6.10 Å². The Morgan fingerprint density at radius 3 is 2.79 bits per heavy atom. The molecule has 4 heterocycles. The van der Waals surface area contributed by atoms with Crippen molar-refractivity contribution in [2.75, 3.05) is 44.8 Å². The zero-order chi connectivity index (χ0) is 23.3. The molecule has 3 aromatic heterocycles. The summed E-state index contributed by atoms with van der Waals surface area (Å²) in [4.78, 5) is 7.17. The van der Waals surface area contributed by atoms with Gasteiger partial charge in [-0.2, -0.15) is 5.10 Å². The Bertz CT molecular complexity index is 1220. The second-order valence-corrected chi connectivity index (χ2v) is 8.33. The van der Waals surface area contributed by atoms with Crippen molar-refractivity contribution in [3.63, 3.8) is 0 Å². The Labute approximate surface area is 196 Å². The average molecular weight is 466 g/mol. The lowest BCUT2D eigenvalue weighted by atomic mass is 10.1. The first-order valence-electron chi connectivity index (χ1n) is 11.5. The Kier molecular flexibility index (Phi) is 6.79. The number of benzene rings is 1. The lowest BCUT2D eigenvalue weighted by Gasteiger charge is -2.26. The quantitative estimate of drug-likeness (QED) is 0.366. The van der Waals surface area contributed by atoms with Crippen molar-refractivity contribution in [1.82, 2.24) is 29.7 Å². The summed E-state index contributed by atoms with van der Waals surface area (Å²) in [7, 11) is 0. The number of ether oxygens (including phenoxy) is 2. The predicted molar refractivity (Wildman–Crippen MR) is 126 cm³/mol. The zero-order valence-corrected chi connectivity index (χ0v) is 19.1. The van der Waals surface area contributed by atoms with Crippen LogP contribution in [0.25, 0.3) is 5.52 Å². The fraction of sp³-hybridized carbons (Fsp3) is 0.375. The number of aromatic amines is 1. The third-order valence-electron chi connectivity index (χ3n) is 5.77. The van der Waals surface area contributed by atoms with Crippen molar-refractivity contribution in [3.05, 3.63) is 71.6 Å². The van der Waals surface area contributed by atoms with Gasteiger partial charge in [0.1, 0.15) is 17.4 Å². The van der Waals surface area contributed by atoms with Gasteiger partial charge in [-0.05, 0) is 43.2 Å². The highest BCUT2D eigenvalue weighted by molar-refractivity contribution is 5.72. The highest BCUT2D eigenvalue weighted by atomic mass is 19.1. The van der Waals surface area contributed by atoms with E-state index in [4.69, 9.17) is 19.6 Å². The molecule has 1 aliphatic rings. The molecule has 0 spiro atoms. The van der Waals surface area contributed by atoms with E-state index in [0.29, 0.717) is 24.1 Å². The molecule has 10 heteroatoms. The average Bonchev–Trinajstić information content (AvgIpc) is 3.49. The molecule has 4 aromatic rings. The smallest absolute Gasteiger partial charge is 0.184 e. The second kappa shape index (κ2) is 10.3. The van der Waals surface area contributed by atoms with Crippen LogP contribution in [0.3, 0.4) is 0 Å². The van der Waals surface area contributed by atoms with Crippen LogP contribution in [0, 0.1) is 12.7 Å². The van der Waals surface area contributed by atoms with E-state index in [1.165, 1.54) is 12.1 Å². The summed E-state index contributed by atoms with van der Waals surface area (Å²) in [6.07, 6.45) is 2.18. The van der Waals surface area contributed by atoms with E-state index in [2.05, 4.69) is 20.4 Å². The van der Waals surface area contributed by atoms with Crippen LogP contribution in [0.15, 0.2) is 48.7 Å². The molecule has 0 amide bonds. The van der Waals surface area contributed by atoms with E-state index in [1.54, 1.807) is 16.6 Å². The van der Waals surface area contributed by atoms with Crippen molar-refractivity contribution in [2.24, 2.45) is 0 Å². The number of aromatic nitrogens is 5. The first kappa shape index (κ1) is 22.5. The molecular formula is C24H28FN7O2. The summed E-state index contributed by atoms with van der Waals surface area (Å²) in [6.45, 7) is 6.82. The van der Waals surface area contributed by atoms with Gasteiger partial charge in [0.15, 0.2) is 17.5 Å². The fourth-order valence-corrected chi connectivity index (χ4v) is 4.03. The molecule has 0 aliphatic carbocycles. The summed E-state index contributed by atoms with van der Waals surface area (Å²) in [5, 5.41) is 15.2. The highest BCUT2D eigenvalue weighted by Crippen LogP contribution is 2.27. The number of fused-ring (bicyclic) bond motifs is 1. The number of H-pyrrole nitrogens is 1. The summed E-state index contributed by atoms with van der Waals surface area (Å²) in [6, 6.07) is 12.0. The second-order valence-electron chi connectivity index (χ2n) is 8.33. The maximum absolute atomic E-state index is 13.6. The van der Waals surface area contributed by atoms with Gasteiger partial charge in [-0.1, -0.05) is 12.1 Å². The van der Waals surface area contributed by atoms with Crippen molar-refractivity contribution < 1.29 is 13.9 Å². The standard InChI is InChI=1S/C24H28FN7O2/c1-17-16-21(29-28-17)26-23-20-4-2-10-32(20)30-24(27-23)22(18-5-7-19(25)8-6-18)34-13-3-9-31-11-14-33-15-12-31/h2,4-8,10,16,22H,3,9,11-15H2,1H3,(H2,26,27,28,29,30). The van der Waals surface area contributed by atoms with Gasteiger partial charge in [-0.3, -0.25) is 10.00 Å². The largest absolute Gasteiger partial charge is 0.379 e. The van der Waals surface area contributed by atoms with Crippen LogP contribution in [-0.4, -0.2) is 69.2 Å². The topological polar surface area (TPSA) is 92.6 Å². The summed E-state index contributed by atoms with van der Waals surface area (Å²) < 4.78 is 27.1. The van der Waals surface area contributed by atoms with Crippen molar-refractivity contribution in [2.45, 2.75) is 19.4 Å². The van der Waals surface area contributed by atoms with E-state index in [-0.39, 0.29) is 5.82 Å². The monoisotopic (exact) mass is 465 g/mol. The summed E-state index contributed by atoms with van der Waals surface area (Å²) in [5.74, 6) is 1.46. The molecule has 5 rings (SSSR count). The molecule has 1 saturated heterocycles. The molecule has 1 unspecified atom stereocenters. The molecule has 0 bridgehead atoms. The molecular weight excluding hydrogens is 437 g/mol. The Hall–Kier alpha value is -3.34. The number of nitrogens with one attached hydrogen (secondary N) is 2. The van der Waals surface area contributed by atoms with Gasteiger partial charge >= 0.3 is 0 Å². The number of aryl methyl sites for hydroxylation is 1. The first-order valence-corrected chi connectivity index (χ1v) is 11.5. The number of nitrogens with zero attached hydrogens (tertiary/aromatic N) is 5. The molecule has 1 atom stereocenters. The van der Waals surface area contributed by atoms with Crippen LogP contribution in [0.4, 0.5) is 16.0 Å². The number of anilines is 2. The lowest BCUT2D eigenvalue weighted by molar-refractivity contribution is 0.0256. The van der Waals surface area contributed by atoms with Crippen LogP contribution >= 0.6 is 0 Å². The van der Waals surface area contributed by atoms with E-state index in [0.717, 1.165) is 56.0 Å². The molecule has 178 valence electrons. The number of hydrogen-bond donors (Lipinski definition) is 2. The molecule has 1 aromatic carbocycles. The Balaban J connectivity index is 1.40. The van der Waals surface area contributed by atoms with Gasteiger partial charge in [0.2, 0.25) is 0 Å². The van der Waals surface area contributed by atoms with Crippen LogP contribution < -0.4 is 5.32 Å². The van der Waals surface area contributed by atoms with E-state index >= 15 is 0 Å². The Morgan fingerprint density at radius 1 is 1.21 bits per heavy atom. The normalized spacial score (nSPS) is 15.6. The number of hydrogen-bond acceptors (Lipinski definition) is 7. The SMILES string of the molecule is Cc1cc(Nc2nc(C(OCCCN3CCOCC3)c3ccc(F)cc3)nn3cccc23)n[nH]1. The van der Waals surface area contributed by atoms with Crippen molar-refractivity contribution in [3.8, 4) is 0 Å². The molecule has 2 N–H and O–H groups in total. The lowest BCUT2D eigenvalue weighted by Crippen LogP contribution is -2.37. The molecule has 1 aliphatic heterocycles. The van der Waals surface area contributed by atoms with Gasteiger partial charge in [0.25, 0.3) is 0 Å². The minimum Gasteiger partial charge on any atom is -0.379 e. The van der Waals surface area contributed by atoms with Crippen LogP contribution in [0.1, 0.15) is 29.6 Å². The third kappa shape index (κ3) is 5.24. The van der Waals surface area contributed by atoms with Gasteiger partial charge in [-0.15, -0.1) is 5.10 Å². The van der Waals surface area contributed by atoms with Crippen LogP contribution in [-0.2, 0) is 9.47 Å². The fourth-order valence-electron chi connectivity index (χ4n) is 4.03. The van der Waals surface area contributed by atoms with Gasteiger partial charge < -0.3 is 14.8 Å². The van der Waals surface area contributed by atoms with Crippen molar-refractivity contribution >= 4 is 17.2 Å².